The molecule has 0 aliphatic heterocycles. The average Bonchev–Trinajstić information content (AvgIpc) is 2.25. The topological polar surface area (TPSA) is 98.4 Å². The second kappa shape index (κ2) is 4.94. The monoisotopic (exact) mass is 219 g/mol. The van der Waals surface area contributed by atoms with Crippen LogP contribution in [-0.2, 0) is 9.59 Å². The summed E-state index contributed by atoms with van der Waals surface area (Å²) in [6, 6.07) is 9.37. The van der Waals surface area contributed by atoms with Crippen LogP contribution >= 0.6 is 0 Å². The Hall–Kier alpha value is -2.35. The van der Waals surface area contributed by atoms with Gasteiger partial charge >= 0.3 is 11.9 Å². The van der Waals surface area contributed by atoms with Crippen LogP contribution < -0.4 is 0 Å². The number of hydrogen-bond acceptors (Lipinski definition) is 3. The van der Waals surface area contributed by atoms with Crippen molar-refractivity contribution in [3.63, 3.8) is 0 Å². The number of carboxylic acid groups (broad SMARTS) is 2. The molecular weight excluding hydrogens is 210 g/mol. The van der Waals surface area contributed by atoms with Gasteiger partial charge in [-0.2, -0.15) is 5.26 Å². The standard InChI is InChI=1S/C11H9NO4/c12-6-8(10(13)14)9(11(15)16)7-4-2-1-3-5-7/h1-5,8-9H,(H,13,14)(H,15,16). The van der Waals surface area contributed by atoms with E-state index in [0.717, 1.165) is 0 Å². The summed E-state index contributed by atoms with van der Waals surface area (Å²) < 4.78 is 0. The van der Waals surface area contributed by atoms with Gasteiger partial charge in [-0.3, -0.25) is 9.59 Å². The van der Waals surface area contributed by atoms with E-state index in [1.807, 2.05) is 0 Å². The van der Waals surface area contributed by atoms with Gasteiger partial charge in [-0.05, 0) is 5.56 Å². The highest BCUT2D eigenvalue weighted by Gasteiger charge is 2.35. The van der Waals surface area contributed by atoms with Gasteiger partial charge < -0.3 is 10.2 Å². The van der Waals surface area contributed by atoms with Gasteiger partial charge in [0.25, 0.3) is 0 Å². The van der Waals surface area contributed by atoms with Gasteiger partial charge in [-0.1, -0.05) is 30.3 Å². The molecule has 5 heteroatoms. The van der Waals surface area contributed by atoms with Crippen molar-refractivity contribution in [2.75, 3.05) is 0 Å². The lowest BCUT2D eigenvalue weighted by molar-refractivity contribution is -0.148. The zero-order chi connectivity index (χ0) is 12.1. The first-order chi connectivity index (χ1) is 7.57. The summed E-state index contributed by atoms with van der Waals surface area (Å²) in [5.74, 6) is -5.68. The fraction of sp³-hybridized carbons (Fsp3) is 0.182. The molecule has 0 saturated carbocycles. The lowest BCUT2D eigenvalue weighted by Gasteiger charge is -2.14. The Kier molecular flexibility index (Phi) is 3.62. The third-order valence-electron chi connectivity index (χ3n) is 2.16. The van der Waals surface area contributed by atoms with E-state index in [1.165, 1.54) is 18.2 Å². The molecule has 82 valence electrons. The Balaban J connectivity index is 3.15. The molecule has 0 aromatic heterocycles. The van der Waals surface area contributed by atoms with Crippen LogP contribution in [0.5, 0.6) is 0 Å². The first kappa shape index (κ1) is 11.7. The predicted molar refractivity (Wildman–Crippen MR) is 53.6 cm³/mol. The number of nitriles is 1. The Morgan fingerprint density at radius 1 is 1.12 bits per heavy atom. The molecule has 1 aromatic rings. The summed E-state index contributed by atoms with van der Waals surface area (Å²) in [5.41, 5.74) is 0.309. The summed E-state index contributed by atoms with van der Waals surface area (Å²) in [6.45, 7) is 0. The third-order valence-corrected chi connectivity index (χ3v) is 2.16. The summed E-state index contributed by atoms with van der Waals surface area (Å²) in [7, 11) is 0. The Bertz CT molecular complexity index is 435. The summed E-state index contributed by atoms with van der Waals surface area (Å²) >= 11 is 0. The Morgan fingerprint density at radius 3 is 2.06 bits per heavy atom. The number of hydrogen-bond donors (Lipinski definition) is 2. The Morgan fingerprint density at radius 2 is 1.69 bits per heavy atom. The van der Waals surface area contributed by atoms with Gasteiger partial charge in [0.15, 0.2) is 5.92 Å². The predicted octanol–water partition coefficient (Wildman–Crippen LogP) is 1.08. The fourth-order valence-electron chi connectivity index (χ4n) is 1.41. The highest BCUT2D eigenvalue weighted by Crippen LogP contribution is 2.24. The molecule has 0 heterocycles. The van der Waals surface area contributed by atoms with E-state index in [1.54, 1.807) is 18.2 Å². The smallest absolute Gasteiger partial charge is 0.322 e. The highest BCUT2D eigenvalue weighted by atomic mass is 16.4. The molecule has 0 bridgehead atoms. The molecule has 0 fully saturated rings. The molecule has 0 aliphatic carbocycles. The fourth-order valence-corrected chi connectivity index (χ4v) is 1.41. The summed E-state index contributed by atoms with van der Waals surface area (Å²) in [6.07, 6.45) is 0. The summed E-state index contributed by atoms with van der Waals surface area (Å²) in [4.78, 5) is 21.8. The van der Waals surface area contributed by atoms with Crippen molar-refractivity contribution in [3.8, 4) is 6.07 Å². The van der Waals surface area contributed by atoms with Crippen LogP contribution in [0.1, 0.15) is 11.5 Å². The number of rotatable bonds is 4. The summed E-state index contributed by atoms with van der Waals surface area (Å²) in [5, 5.41) is 26.4. The molecule has 2 N–H and O–H groups in total. The lowest BCUT2D eigenvalue weighted by atomic mass is 9.87. The molecule has 1 rings (SSSR count). The van der Waals surface area contributed by atoms with Gasteiger partial charge in [0.1, 0.15) is 5.92 Å². The molecule has 1 aromatic carbocycles. The van der Waals surface area contributed by atoms with Crippen molar-refractivity contribution >= 4 is 11.9 Å². The van der Waals surface area contributed by atoms with Gasteiger partial charge in [0, 0.05) is 0 Å². The quantitative estimate of drug-likeness (QED) is 0.789. The molecule has 0 aliphatic rings. The minimum absolute atomic E-state index is 0.309. The van der Waals surface area contributed by atoms with Gasteiger partial charge in [0.05, 0.1) is 6.07 Å². The average molecular weight is 219 g/mol. The molecule has 0 radical (unpaired) electrons. The molecule has 5 nitrogen and oxygen atoms in total. The van der Waals surface area contributed by atoms with E-state index in [2.05, 4.69) is 0 Å². The maximum Gasteiger partial charge on any atom is 0.322 e. The molecule has 2 unspecified atom stereocenters. The van der Waals surface area contributed by atoms with Crippen LogP contribution in [0.25, 0.3) is 0 Å². The van der Waals surface area contributed by atoms with Gasteiger partial charge in [-0.25, -0.2) is 0 Å². The zero-order valence-electron chi connectivity index (χ0n) is 8.20. The van der Waals surface area contributed by atoms with Crippen molar-refractivity contribution < 1.29 is 19.8 Å². The van der Waals surface area contributed by atoms with Crippen molar-refractivity contribution in [2.45, 2.75) is 5.92 Å². The van der Waals surface area contributed by atoms with Crippen LogP contribution in [0.15, 0.2) is 30.3 Å². The first-order valence-electron chi connectivity index (χ1n) is 4.48. The van der Waals surface area contributed by atoms with Crippen LogP contribution in [-0.4, -0.2) is 22.2 Å². The number of carbonyl (C=O) groups is 2. The minimum atomic E-state index is -1.58. The number of nitrogens with zero attached hydrogens (tertiary/aromatic N) is 1. The van der Waals surface area contributed by atoms with E-state index in [-0.39, 0.29) is 0 Å². The molecule has 0 saturated heterocycles. The maximum absolute atomic E-state index is 11.0. The molecule has 2 atom stereocenters. The van der Waals surface area contributed by atoms with Crippen LogP contribution in [0.3, 0.4) is 0 Å². The highest BCUT2D eigenvalue weighted by molar-refractivity contribution is 5.86. The van der Waals surface area contributed by atoms with Crippen molar-refractivity contribution in [1.29, 1.82) is 5.26 Å². The van der Waals surface area contributed by atoms with Crippen LogP contribution in [0.4, 0.5) is 0 Å². The molecule has 0 amide bonds. The van der Waals surface area contributed by atoms with Gasteiger partial charge in [-0.15, -0.1) is 0 Å². The second-order valence-electron chi connectivity index (χ2n) is 3.17. The Labute approximate surface area is 91.6 Å². The van der Waals surface area contributed by atoms with Crippen LogP contribution in [0, 0.1) is 17.2 Å². The van der Waals surface area contributed by atoms with E-state index in [4.69, 9.17) is 15.5 Å². The number of carboxylic acids is 2. The van der Waals surface area contributed by atoms with Crippen LogP contribution in [0.2, 0.25) is 0 Å². The second-order valence-corrected chi connectivity index (χ2v) is 3.17. The van der Waals surface area contributed by atoms with E-state index in [9.17, 15) is 9.59 Å². The van der Waals surface area contributed by atoms with Crippen molar-refractivity contribution in [1.82, 2.24) is 0 Å². The van der Waals surface area contributed by atoms with E-state index in [0.29, 0.717) is 5.56 Å². The maximum atomic E-state index is 11.0. The zero-order valence-corrected chi connectivity index (χ0v) is 8.20. The molecule has 16 heavy (non-hydrogen) atoms. The normalized spacial score (nSPS) is 13.4. The number of aliphatic carboxylic acids is 2. The van der Waals surface area contributed by atoms with Crippen molar-refractivity contribution in [2.24, 2.45) is 5.92 Å². The molecular formula is C11H9NO4. The first-order valence-corrected chi connectivity index (χ1v) is 4.48. The van der Waals surface area contributed by atoms with Crippen molar-refractivity contribution in [3.05, 3.63) is 35.9 Å². The third kappa shape index (κ3) is 2.36. The molecule has 0 spiro atoms. The minimum Gasteiger partial charge on any atom is -0.481 e. The largest absolute Gasteiger partial charge is 0.481 e. The van der Waals surface area contributed by atoms with Gasteiger partial charge in [0.2, 0.25) is 0 Å². The lowest BCUT2D eigenvalue weighted by Crippen LogP contribution is -2.26. The van der Waals surface area contributed by atoms with E-state index >= 15 is 0 Å². The number of benzene rings is 1. The van der Waals surface area contributed by atoms with E-state index < -0.39 is 23.8 Å². The SMILES string of the molecule is N#CC(C(=O)O)C(C(=O)O)c1ccccc1.